The molecule has 0 saturated carbocycles. The normalized spacial score (nSPS) is 19.8. The van der Waals surface area contributed by atoms with E-state index in [-0.39, 0.29) is 16.8 Å². The van der Waals surface area contributed by atoms with Crippen LogP contribution in [0.4, 0.5) is 14.6 Å². The minimum atomic E-state index is -2.67. The van der Waals surface area contributed by atoms with Crippen molar-refractivity contribution < 1.29 is 18.1 Å². The fourth-order valence-electron chi connectivity index (χ4n) is 2.07. The van der Waals surface area contributed by atoms with E-state index in [1.807, 2.05) is 27.7 Å². The molecule has 0 bridgehead atoms. The third kappa shape index (κ3) is 3.69. The van der Waals surface area contributed by atoms with Gasteiger partial charge in [-0.2, -0.15) is 0 Å². The third-order valence-corrected chi connectivity index (χ3v) is 4.12. The topological polar surface area (TPSA) is 47.0 Å². The van der Waals surface area contributed by atoms with E-state index in [4.69, 9.17) is 9.31 Å². The molecule has 0 aliphatic carbocycles. The zero-order valence-corrected chi connectivity index (χ0v) is 14.3. The molecule has 0 spiro atoms. The molecule has 1 fully saturated rings. The summed E-state index contributed by atoms with van der Waals surface area (Å²) in [5.74, 6) is 0.217. The summed E-state index contributed by atoms with van der Waals surface area (Å²) in [7, 11) is 2.70. The first-order chi connectivity index (χ1) is 10.5. The Kier molecular flexibility index (Phi) is 4.77. The van der Waals surface area contributed by atoms with Crippen LogP contribution in [0.15, 0.2) is 17.3 Å². The number of halogens is 2. The van der Waals surface area contributed by atoms with Gasteiger partial charge < -0.3 is 14.2 Å². The molecular weight excluding hydrogens is 303 g/mol. The number of hydrogen-bond acceptors (Lipinski definition) is 4. The van der Waals surface area contributed by atoms with Crippen LogP contribution in [-0.2, 0) is 9.31 Å². The molecule has 23 heavy (non-hydrogen) atoms. The minimum Gasteiger partial charge on any atom is -0.399 e. The fourth-order valence-corrected chi connectivity index (χ4v) is 2.07. The molecule has 5 nitrogen and oxygen atoms in total. The summed E-state index contributed by atoms with van der Waals surface area (Å²) < 4.78 is 38.6. The molecule has 1 saturated heterocycles. The van der Waals surface area contributed by atoms with Crippen LogP contribution < -0.4 is 5.46 Å². The highest BCUT2D eigenvalue weighted by Crippen LogP contribution is 2.37. The largest absolute Gasteiger partial charge is 0.496 e. The average molecular weight is 325 g/mol. The number of pyridine rings is 1. The second-order valence-electron chi connectivity index (χ2n) is 6.77. The second-order valence-corrected chi connectivity index (χ2v) is 6.77. The SMILES string of the molecule is CN(C)C=Nc1cc(C(F)F)c(B2OC(C)(C)C(C)(C)O2)cn1. The monoisotopic (exact) mass is 325 g/mol. The summed E-state index contributed by atoms with van der Waals surface area (Å²) in [5, 5.41) is 0. The van der Waals surface area contributed by atoms with E-state index >= 15 is 0 Å². The number of aromatic nitrogens is 1. The van der Waals surface area contributed by atoms with E-state index in [0.29, 0.717) is 0 Å². The molecule has 126 valence electrons. The maximum atomic E-state index is 13.4. The van der Waals surface area contributed by atoms with Crippen LogP contribution in [-0.4, -0.2) is 48.6 Å². The molecule has 2 rings (SSSR count). The van der Waals surface area contributed by atoms with E-state index in [2.05, 4.69) is 9.98 Å². The lowest BCUT2D eigenvalue weighted by Gasteiger charge is -2.32. The Balaban J connectivity index is 2.36. The highest BCUT2D eigenvalue weighted by atomic mass is 19.3. The lowest BCUT2D eigenvalue weighted by Crippen LogP contribution is -2.41. The van der Waals surface area contributed by atoms with Crippen LogP contribution in [0.1, 0.15) is 39.7 Å². The molecule has 1 aliphatic heterocycles. The van der Waals surface area contributed by atoms with Crippen LogP contribution in [0.2, 0.25) is 0 Å². The van der Waals surface area contributed by atoms with Crippen LogP contribution in [0.3, 0.4) is 0 Å². The molecule has 0 aromatic carbocycles. The molecule has 8 heteroatoms. The van der Waals surface area contributed by atoms with E-state index < -0.39 is 24.7 Å². The summed E-state index contributed by atoms with van der Waals surface area (Å²) in [4.78, 5) is 9.86. The lowest BCUT2D eigenvalue weighted by molar-refractivity contribution is 0.00578. The van der Waals surface area contributed by atoms with Crippen LogP contribution in [0, 0.1) is 0 Å². The summed E-state index contributed by atoms with van der Waals surface area (Å²) in [6.45, 7) is 7.49. The van der Waals surface area contributed by atoms with Gasteiger partial charge >= 0.3 is 7.12 Å². The Morgan fingerprint density at radius 1 is 1.22 bits per heavy atom. The molecule has 1 aromatic rings. The molecular formula is C15H22BF2N3O2. The van der Waals surface area contributed by atoms with Crippen molar-refractivity contribution in [3.63, 3.8) is 0 Å². The average Bonchev–Trinajstić information content (AvgIpc) is 2.64. The van der Waals surface area contributed by atoms with Crippen molar-refractivity contribution in [3.05, 3.63) is 17.8 Å². The van der Waals surface area contributed by atoms with E-state index in [9.17, 15) is 8.78 Å². The standard InChI is InChI=1S/C15H22BF2N3O2/c1-14(2)15(3,4)23-16(22-14)11-8-19-12(20-9-21(5)6)7-10(11)13(17)18/h7-9,13H,1-6H3. The van der Waals surface area contributed by atoms with Crippen molar-refractivity contribution in [1.82, 2.24) is 9.88 Å². The van der Waals surface area contributed by atoms with Crippen molar-refractivity contribution in [2.24, 2.45) is 4.99 Å². The van der Waals surface area contributed by atoms with Gasteiger partial charge in [-0.3, -0.25) is 0 Å². The van der Waals surface area contributed by atoms with Crippen molar-refractivity contribution in [2.75, 3.05) is 14.1 Å². The van der Waals surface area contributed by atoms with Gasteiger partial charge in [0.05, 0.1) is 17.5 Å². The van der Waals surface area contributed by atoms with Crippen molar-refractivity contribution in [3.8, 4) is 0 Å². The van der Waals surface area contributed by atoms with E-state index in [1.54, 1.807) is 19.0 Å². The van der Waals surface area contributed by atoms with Crippen LogP contribution in [0.5, 0.6) is 0 Å². The highest BCUT2D eigenvalue weighted by Gasteiger charge is 2.52. The number of hydrogen-bond donors (Lipinski definition) is 0. The van der Waals surface area contributed by atoms with Gasteiger partial charge in [0.1, 0.15) is 0 Å². The summed E-state index contributed by atoms with van der Waals surface area (Å²) in [5.41, 5.74) is -1.13. The van der Waals surface area contributed by atoms with Crippen LogP contribution in [0.25, 0.3) is 0 Å². The summed E-state index contributed by atoms with van der Waals surface area (Å²) in [6.07, 6.45) is 0.193. The maximum Gasteiger partial charge on any atom is 0.496 e. The smallest absolute Gasteiger partial charge is 0.399 e. The minimum absolute atomic E-state index is 0.176. The molecule has 1 aliphatic rings. The fraction of sp³-hybridized carbons (Fsp3) is 0.600. The quantitative estimate of drug-likeness (QED) is 0.485. The molecule has 1 aromatic heterocycles. The van der Waals surface area contributed by atoms with Gasteiger partial charge in [-0.1, -0.05) is 0 Å². The second kappa shape index (κ2) is 6.16. The zero-order valence-electron chi connectivity index (χ0n) is 14.3. The predicted octanol–water partition coefficient (Wildman–Crippen LogP) is 2.54. The van der Waals surface area contributed by atoms with Crippen LogP contribution >= 0.6 is 0 Å². The number of aliphatic imine (C=N–C) groups is 1. The first-order valence-corrected chi connectivity index (χ1v) is 7.38. The van der Waals surface area contributed by atoms with E-state index in [0.717, 1.165) is 0 Å². The first-order valence-electron chi connectivity index (χ1n) is 7.38. The Labute approximate surface area is 135 Å². The van der Waals surface area contributed by atoms with Crippen molar-refractivity contribution in [1.29, 1.82) is 0 Å². The molecule has 0 N–H and O–H groups in total. The van der Waals surface area contributed by atoms with Gasteiger partial charge in [-0.25, -0.2) is 18.8 Å². The van der Waals surface area contributed by atoms with Gasteiger partial charge in [0.2, 0.25) is 0 Å². The molecule has 0 amide bonds. The molecule has 0 radical (unpaired) electrons. The van der Waals surface area contributed by atoms with Gasteiger partial charge in [0, 0.05) is 31.3 Å². The van der Waals surface area contributed by atoms with Gasteiger partial charge in [0.25, 0.3) is 6.43 Å². The Morgan fingerprint density at radius 3 is 2.26 bits per heavy atom. The number of rotatable bonds is 4. The molecule has 2 heterocycles. The first kappa shape index (κ1) is 17.8. The Hall–Kier alpha value is -1.54. The Morgan fingerprint density at radius 2 is 1.78 bits per heavy atom. The summed E-state index contributed by atoms with van der Waals surface area (Å²) in [6, 6.07) is 1.27. The van der Waals surface area contributed by atoms with Gasteiger partial charge in [-0.05, 0) is 33.8 Å². The number of nitrogens with zero attached hydrogens (tertiary/aromatic N) is 3. The number of alkyl halides is 2. The van der Waals surface area contributed by atoms with Crippen molar-refractivity contribution in [2.45, 2.75) is 45.3 Å². The molecule has 0 unspecified atom stereocenters. The lowest BCUT2D eigenvalue weighted by atomic mass is 9.77. The van der Waals surface area contributed by atoms with Crippen molar-refractivity contribution >= 4 is 24.7 Å². The van der Waals surface area contributed by atoms with E-state index in [1.165, 1.54) is 18.6 Å². The molecule has 0 atom stereocenters. The van der Waals surface area contributed by atoms with Gasteiger partial charge in [-0.15, -0.1) is 0 Å². The maximum absolute atomic E-state index is 13.4. The van der Waals surface area contributed by atoms with Gasteiger partial charge in [0.15, 0.2) is 5.82 Å². The highest BCUT2D eigenvalue weighted by molar-refractivity contribution is 6.62. The Bertz CT molecular complexity index is 590. The zero-order chi connectivity index (χ0) is 17.4. The summed E-state index contributed by atoms with van der Waals surface area (Å²) >= 11 is 0. The third-order valence-electron chi connectivity index (χ3n) is 4.12. The predicted molar refractivity (Wildman–Crippen MR) is 86.7 cm³/mol.